The maximum atomic E-state index is 4.62. The fourth-order valence-corrected chi connectivity index (χ4v) is 4.32. The molecular formula is C16H19IN5P. The standard InChI is InChI=1S/C16H19IN5P/c17-23-22-11-15(9-20-22)13-1-2-16-14(7-13)8-19-21(16)10-12-3-5-18-6-4-12/h1-2,7-9,11-12,18,23H,3-6,10H2. The first-order valence-electron chi connectivity index (χ1n) is 7.91. The average molecular weight is 439 g/mol. The topological polar surface area (TPSA) is 47.7 Å². The minimum Gasteiger partial charge on any atom is -0.317 e. The van der Waals surface area contributed by atoms with Crippen molar-refractivity contribution in [3.63, 3.8) is 0 Å². The van der Waals surface area contributed by atoms with Gasteiger partial charge in [-0.05, 0) is 71.6 Å². The lowest BCUT2D eigenvalue weighted by Crippen LogP contribution is -2.30. The van der Waals surface area contributed by atoms with E-state index in [4.69, 9.17) is 0 Å². The van der Waals surface area contributed by atoms with Crippen LogP contribution in [0.15, 0.2) is 36.8 Å². The molecule has 7 heteroatoms. The van der Waals surface area contributed by atoms with Crippen LogP contribution in [-0.2, 0) is 6.54 Å². The van der Waals surface area contributed by atoms with Crippen LogP contribution in [0.5, 0.6) is 0 Å². The quantitative estimate of drug-likeness (QED) is 0.499. The summed E-state index contributed by atoms with van der Waals surface area (Å²) in [5, 5.41) is 13.6. The summed E-state index contributed by atoms with van der Waals surface area (Å²) >= 11 is 2.34. The second-order valence-electron chi connectivity index (χ2n) is 6.05. The molecule has 2 aromatic heterocycles. The number of benzene rings is 1. The summed E-state index contributed by atoms with van der Waals surface area (Å²) in [5.74, 6) is 0.738. The van der Waals surface area contributed by atoms with E-state index in [0.717, 1.165) is 25.6 Å². The second-order valence-corrected chi connectivity index (χ2v) is 8.13. The fourth-order valence-electron chi connectivity index (χ4n) is 3.24. The van der Waals surface area contributed by atoms with Crippen molar-refractivity contribution in [1.29, 1.82) is 0 Å². The number of rotatable bonds is 4. The van der Waals surface area contributed by atoms with Crippen LogP contribution in [0.2, 0.25) is 0 Å². The first-order chi connectivity index (χ1) is 11.3. The Balaban J connectivity index is 1.60. The molecule has 1 N–H and O–H groups in total. The van der Waals surface area contributed by atoms with Gasteiger partial charge in [0.2, 0.25) is 0 Å². The Labute approximate surface area is 150 Å². The molecule has 1 atom stereocenters. The minimum absolute atomic E-state index is 0.637. The molecule has 0 radical (unpaired) electrons. The second kappa shape index (κ2) is 6.87. The Morgan fingerprint density at radius 1 is 1.17 bits per heavy atom. The molecule has 0 spiro atoms. The number of hydrogen-bond donors (Lipinski definition) is 1. The highest BCUT2D eigenvalue weighted by molar-refractivity contribution is 14.2. The third-order valence-electron chi connectivity index (χ3n) is 4.53. The van der Waals surface area contributed by atoms with E-state index in [0.29, 0.717) is 6.37 Å². The Kier molecular flexibility index (Phi) is 4.64. The first-order valence-corrected chi connectivity index (χ1v) is 12.0. The van der Waals surface area contributed by atoms with Crippen molar-refractivity contribution in [1.82, 2.24) is 24.6 Å². The number of fused-ring (bicyclic) bond motifs is 1. The zero-order valence-corrected chi connectivity index (χ0v) is 15.9. The number of aromatic nitrogens is 4. The first kappa shape index (κ1) is 15.5. The summed E-state index contributed by atoms with van der Waals surface area (Å²) in [4.78, 5) is 0. The summed E-state index contributed by atoms with van der Waals surface area (Å²) in [5.41, 5.74) is 3.61. The van der Waals surface area contributed by atoms with Crippen molar-refractivity contribution < 1.29 is 0 Å². The summed E-state index contributed by atoms with van der Waals surface area (Å²) in [6.07, 6.45) is 9.16. The van der Waals surface area contributed by atoms with Crippen molar-refractivity contribution in [2.45, 2.75) is 19.4 Å². The summed E-state index contributed by atoms with van der Waals surface area (Å²) in [6.45, 7) is 3.30. The van der Waals surface area contributed by atoms with Crippen LogP contribution in [0.1, 0.15) is 12.8 Å². The van der Waals surface area contributed by atoms with Gasteiger partial charge in [0.15, 0.2) is 0 Å². The predicted molar refractivity (Wildman–Crippen MR) is 104 cm³/mol. The van der Waals surface area contributed by atoms with Gasteiger partial charge in [0, 0.05) is 23.7 Å². The van der Waals surface area contributed by atoms with Crippen LogP contribution in [-0.4, -0.2) is 32.4 Å². The van der Waals surface area contributed by atoms with Crippen LogP contribution in [0.25, 0.3) is 22.0 Å². The molecule has 0 amide bonds. The summed E-state index contributed by atoms with van der Waals surface area (Å²) < 4.78 is 4.14. The predicted octanol–water partition coefficient (Wildman–Crippen LogP) is 3.69. The highest BCUT2D eigenvalue weighted by atomic mass is 127. The third kappa shape index (κ3) is 3.30. The van der Waals surface area contributed by atoms with E-state index in [-0.39, 0.29) is 0 Å². The van der Waals surface area contributed by atoms with E-state index < -0.39 is 0 Å². The molecule has 1 unspecified atom stereocenters. The average Bonchev–Trinajstić information content (AvgIpc) is 3.23. The van der Waals surface area contributed by atoms with Gasteiger partial charge in [0.1, 0.15) is 0 Å². The Morgan fingerprint density at radius 3 is 2.83 bits per heavy atom. The van der Waals surface area contributed by atoms with Crippen LogP contribution in [0, 0.1) is 5.92 Å². The van der Waals surface area contributed by atoms with Gasteiger partial charge in [0.05, 0.1) is 24.3 Å². The van der Waals surface area contributed by atoms with E-state index in [1.165, 1.54) is 34.9 Å². The lowest BCUT2D eigenvalue weighted by atomic mass is 9.98. The number of halogens is 1. The monoisotopic (exact) mass is 439 g/mol. The Bertz CT molecular complexity index is 806. The van der Waals surface area contributed by atoms with Crippen molar-refractivity contribution in [2.75, 3.05) is 13.1 Å². The maximum absolute atomic E-state index is 4.62. The molecule has 23 heavy (non-hydrogen) atoms. The van der Waals surface area contributed by atoms with Crippen molar-refractivity contribution in [3.8, 4) is 11.1 Å². The van der Waals surface area contributed by atoms with Crippen LogP contribution in [0.3, 0.4) is 0 Å². The van der Waals surface area contributed by atoms with Gasteiger partial charge >= 0.3 is 0 Å². The largest absolute Gasteiger partial charge is 0.317 e. The molecule has 1 aromatic carbocycles. The van der Waals surface area contributed by atoms with Crippen LogP contribution >= 0.6 is 28.4 Å². The van der Waals surface area contributed by atoms with Crippen LogP contribution in [0.4, 0.5) is 0 Å². The smallest absolute Gasteiger partial charge is 0.0682 e. The van der Waals surface area contributed by atoms with Crippen molar-refractivity contribution >= 4 is 39.3 Å². The third-order valence-corrected chi connectivity index (χ3v) is 6.43. The van der Waals surface area contributed by atoms with E-state index in [1.54, 1.807) is 0 Å². The molecule has 5 nitrogen and oxygen atoms in total. The molecule has 0 bridgehead atoms. The highest BCUT2D eigenvalue weighted by Gasteiger charge is 2.15. The van der Waals surface area contributed by atoms with E-state index in [1.807, 2.05) is 16.8 Å². The molecule has 3 aromatic rings. The molecule has 4 rings (SSSR count). The molecule has 0 aliphatic carbocycles. The molecule has 1 aliphatic heterocycles. The zero-order valence-electron chi connectivity index (χ0n) is 12.7. The van der Waals surface area contributed by atoms with Crippen molar-refractivity contribution in [3.05, 3.63) is 36.8 Å². The molecule has 1 saturated heterocycles. The SMILES string of the molecule is IPn1cc(-c2ccc3c(cnn3CC3CCNCC3)c2)cn1. The van der Waals surface area contributed by atoms with Gasteiger partial charge in [0.25, 0.3) is 0 Å². The van der Waals surface area contributed by atoms with Gasteiger partial charge in [-0.3, -0.25) is 4.68 Å². The Hall–Kier alpha value is -0.980. The van der Waals surface area contributed by atoms with E-state index in [9.17, 15) is 0 Å². The molecular weight excluding hydrogens is 420 g/mol. The summed E-state index contributed by atoms with van der Waals surface area (Å²) in [7, 11) is 0. The molecule has 0 saturated carbocycles. The lowest BCUT2D eigenvalue weighted by Gasteiger charge is -2.22. The number of hydrogen-bond acceptors (Lipinski definition) is 3. The van der Waals surface area contributed by atoms with E-state index >= 15 is 0 Å². The number of nitrogens with one attached hydrogen (secondary N) is 1. The summed E-state index contributed by atoms with van der Waals surface area (Å²) in [6, 6.07) is 6.60. The van der Waals surface area contributed by atoms with Gasteiger partial charge in [-0.15, -0.1) is 0 Å². The Morgan fingerprint density at radius 2 is 2.04 bits per heavy atom. The maximum Gasteiger partial charge on any atom is 0.0682 e. The number of piperidine rings is 1. The molecule has 1 fully saturated rings. The van der Waals surface area contributed by atoms with Crippen molar-refractivity contribution in [2.24, 2.45) is 5.92 Å². The zero-order chi connectivity index (χ0) is 15.6. The minimum atomic E-state index is 0.637. The molecule has 3 heterocycles. The fraction of sp³-hybridized carbons (Fsp3) is 0.375. The van der Waals surface area contributed by atoms with Gasteiger partial charge in [-0.2, -0.15) is 10.2 Å². The van der Waals surface area contributed by atoms with Gasteiger partial charge < -0.3 is 5.32 Å². The van der Waals surface area contributed by atoms with Gasteiger partial charge in [-0.1, -0.05) is 6.07 Å². The molecule has 120 valence electrons. The number of nitrogens with zero attached hydrogens (tertiary/aromatic N) is 4. The lowest BCUT2D eigenvalue weighted by molar-refractivity contribution is 0.325. The van der Waals surface area contributed by atoms with E-state index in [2.05, 4.69) is 66.6 Å². The van der Waals surface area contributed by atoms with Gasteiger partial charge in [-0.25, -0.2) is 4.45 Å². The van der Waals surface area contributed by atoms with Crippen LogP contribution < -0.4 is 5.32 Å². The highest BCUT2D eigenvalue weighted by Crippen LogP contribution is 2.29. The molecule has 1 aliphatic rings. The normalized spacial score (nSPS) is 16.7.